The lowest BCUT2D eigenvalue weighted by Crippen LogP contribution is -2.06. The van der Waals surface area contributed by atoms with Gasteiger partial charge < -0.3 is 18.9 Å². The Labute approximate surface area is 73.1 Å². The first kappa shape index (κ1) is 11.3. The predicted molar refractivity (Wildman–Crippen MR) is 44.8 cm³/mol. The van der Waals surface area contributed by atoms with Gasteiger partial charge >= 0.3 is 0 Å². The zero-order valence-electron chi connectivity index (χ0n) is 7.67. The van der Waals surface area contributed by atoms with Crippen LogP contribution in [0.25, 0.3) is 0 Å². The van der Waals surface area contributed by atoms with Crippen LogP contribution in [0.5, 0.6) is 0 Å². The average Bonchev–Trinajstić information content (AvgIpc) is 2.06. The molecule has 0 bridgehead atoms. The summed E-state index contributed by atoms with van der Waals surface area (Å²) in [4.78, 5) is 0. The summed E-state index contributed by atoms with van der Waals surface area (Å²) in [7, 11) is 3.22. The van der Waals surface area contributed by atoms with E-state index in [1.54, 1.807) is 14.2 Å². The van der Waals surface area contributed by atoms with Crippen molar-refractivity contribution < 1.29 is 18.9 Å². The van der Waals surface area contributed by atoms with Gasteiger partial charge in [0.1, 0.15) is 13.2 Å². The van der Waals surface area contributed by atoms with Crippen molar-refractivity contribution in [3.05, 3.63) is 12.5 Å². The number of hydrogen-bond donors (Lipinski definition) is 0. The van der Waals surface area contributed by atoms with Gasteiger partial charge in [0.25, 0.3) is 5.95 Å². The Bertz CT molecular complexity index is 102. The van der Waals surface area contributed by atoms with Gasteiger partial charge in [-0.1, -0.05) is 0 Å². The fraction of sp³-hybridized carbons (Fsp3) is 0.750. The van der Waals surface area contributed by atoms with Crippen molar-refractivity contribution in [1.82, 2.24) is 0 Å². The van der Waals surface area contributed by atoms with Crippen LogP contribution in [0.2, 0.25) is 0 Å². The molecule has 0 fully saturated rings. The Morgan fingerprint density at radius 3 is 1.67 bits per heavy atom. The Balaban J connectivity index is 3.10. The molecule has 0 atom stereocenters. The summed E-state index contributed by atoms with van der Waals surface area (Å²) in [6.45, 7) is 5.53. The van der Waals surface area contributed by atoms with E-state index in [-0.39, 0.29) is 0 Å². The third-order valence-electron chi connectivity index (χ3n) is 1.10. The summed E-state index contributed by atoms with van der Waals surface area (Å²) in [6, 6.07) is 0. The normalized spacial score (nSPS) is 9.50. The molecular weight excluding hydrogens is 160 g/mol. The molecule has 0 unspecified atom stereocenters. The van der Waals surface area contributed by atoms with Crippen LogP contribution < -0.4 is 0 Å². The van der Waals surface area contributed by atoms with Crippen LogP contribution in [0, 0.1) is 0 Å². The van der Waals surface area contributed by atoms with Gasteiger partial charge in [-0.25, -0.2) is 0 Å². The Morgan fingerprint density at radius 2 is 1.33 bits per heavy atom. The monoisotopic (exact) mass is 176 g/mol. The highest BCUT2D eigenvalue weighted by Crippen LogP contribution is 1.95. The van der Waals surface area contributed by atoms with Crippen LogP contribution in [-0.4, -0.2) is 40.6 Å². The number of ether oxygens (including phenoxy) is 4. The molecule has 0 aliphatic heterocycles. The van der Waals surface area contributed by atoms with Crippen LogP contribution in [0.15, 0.2) is 12.5 Å². The zero-order valence-corrected chi connectivity index (χ0v) is 7.67. The minimum Gasteiger partial charge on any atom is -0.463 e. The first-order valence-electron chi connectivity index (χ1n) is 3.73. The molecule has 4 heteroatoms. The minimum atomic E-state index is 0.309. The molecule has 0 aromatic heterocycles. The molecule has 0 saturated heterocycles. The maximum Gasteiger partial charge on any atom is 0.271 e. The van der Waals surface area contributed by atoms with Crippen LogP contribution in [0.1, 0.15) is 0 Å². The third kappa shape index (κ3) is 7.37. The molecule has 12 heavy (non-hydrogen) atoms. The Kier molecular flexibility index (Phi) is 7.84. The van der Waals surface area contributed by atoms with E-state index in [0.717, 1.165) is 0 Å². The predicted octanol–water partition coefficient (Wildman–Crippen LogP) is 0.784. The number of hydrogen-bond acceptors (Lipinski definition) is 4. The van der Waals surface area contributed by atoms with Crippen molar-refractivity contribution in [2.75, 3.05) is 40.6 Å². The third-order valence-corrected chi connectivity index (χ3v) is 1.10. The molecule has 0 heterocycles. The van der Waals surface area contributed by atoms with Crippen LogP contribution in [0.4, 0.5) is 0 Å². The Morgan fingerprint density at radius 1 is 0.917 bits per heavy atom. The molecule has 0 aliphatic carbocycles. The molecule has 72 valence electrons. The molecule has 0 N–H and O–H groups in total. The van der Waals surface area contributed by atoms with Crippen LogP contribution >= 0.6 is 0 Å². The Hall–Kier alpha value is -0.740. The molecule has 0 aromatic rings. The van der Waals surface area contributed by atoms with E-state index < -0.39 is 0 Å². The minimum absolute atomic E-state index is 0.309. The second-order valence-electron chi connectivity index (χ2n) is 2.05. The molecule has 0 aromatic carbocycles. The van der Waals surface area contributed by atoms with Gasteiger partial charge in [0.2, 0.25) is 0 Å². The van der Waals surface area contributed by atoms with E-state index in [0.29, 0.717) is 32.4 Å². The maximum atomic E-state index is 5.03. The summed E-state index contributed by atoms with van der Waals surface area (Å²) in [5.41, 5.74) is 0. The summed E-state index contributed by atoms with van der Waals surface area (Å²) in [5.74, 6) is 0.309. The lowest BCUT2D eigenvalue weighted by Gasteiger charge is -2.09. The summed E-state index contributed by atoms with van der Waals surface area (Å²) >= 11 is 0. The fourth-order valence-corrected chi connectivity index (χ4v) is 0.519. The highest BCUT2D eigenvalue weighted by Gasteiger charge is 1.94. The van der Waals surface area contributed by atoms with Gasteiger partial charge in [-0.2, -0.15) is 0 Å². The summed E-state index contributed by atoms with van der Waals surface area (Å²) < 4.78 is 19.6. The van der Waals surface area contributed by atoms with Crippen molar-refractivity contribution in [3.63, 3.8) is 0 Å². The maximum absolute atomic E-state index is 5.03. The largest absolute Gasteiger partial charge is 0.463 e. The molecule has 0 rings (SSSR count). The van der Waals surface area contributed by atoms with Gasteiger partial charge in [0.15, 0.2) is 0 Å². The topological polar surface area (TPSA) is 36.9 Å². The molecule has 0 amide bonds. The van der Waals surface area contributed by atoms with Crippen molar-refractivity contribution in [3.8, 4) is 0 Å². The number of methoxy groups -OCH3 is 2. The lowest BCUT2D eigenvalue weighted by molar-refractivity contribution is -0.000805. The van der Waals surface area contributed by atoms with E-state index in [1.165, 1.54) is 0 Å². The summed E-state index contributed by atoms with van der Waals surface area (Å²) in [5, 5.41) is 0. The van der Waals surface area contributed by atoms with Gasteiger partial charge in [0, 0.05) is 14.2 Å². The SMILES string of the molecule is C=C(OCCOC)OCCOC. The van der Waals surface area contributed by atoms with Crippen LogP contribution in [0.3, 0.4) is 0 Å². The van der Waals surface area contributed by atoms with E-state index >= 15 is 0 Å². The molecular formula is C8H16O4. The highest BCUT2D eigenvalue weighted by molar-refractivity contribution is 4.67. The lowest BCUT2D eigenvalue weighted by atomic mass is 10.7. The molecule has 4 nitrogen and oxygen atoms in total. The van der Waals surface area contributed by atoms with Gasteiger partial charge in [0.05, 0.1) is 13.2 Å². The van der Waals surface area contributed by atoms with E-state index in [1.807, 2.05) is 0 Å². The smallest absolute Gasteiger partial charge is 0.271 e. The van der Waals surface area contributed by atoms with E-state index in [4.69, 9.17) is 18.9 Å². The van der Waals surface area contributed by atoms with E-state index in [2.05, 4.69) is 6.58 Å². The van der Waals surface area contributed by atoms with Crippen molar-refractivity contribution in [2.24, 2.45) is 0 Å². The highest BCUT2D eigenvalue weighted by atomic mass is 16.7. The van der Waals surface area contributed by atoms with Gasteiger partial charge in [-0.05, 0) is 6.58 Å². The second kappa shape index (κ2) is 8.36. The first-order chi connectivity index (χ1) is 5.81. The molecule has 0 spiro atoms. The summed E-state index contributed by atoms with van der Waals surface area (Å²) in [6.07, 6.45) is 0. The van der Waals surface area contributed by atoms with Gasteiger partial charge in [-0.15, -0.1) is 0 Å². The van der Waals surface area contributed by atoms with Gasteiger partial charge in [-0.3, -0.25) is 0 Å². The van der Waals surface area contributed by atoms with Crippen molar-refractivity contribution >= 4 is 0 Å². The average molecular weight is 176 g/mol. The van der Waals surface area contributed by atoms with Crippen molar-refractivity contribution in [2.45, 2.75) is 0 Å². The van der Waals surface area contributed by atoms with Crippen LogP contribution in [-0.2, 0) is 18.9 Å². The molecule has 0 aliphatic rings. The number of rotatable bonds is 8. The quantitative estimate of drug-likeness (QED) is 0.404. The molecule has 0 radical (unpaired) electrons. The van der Waals surface area contributed by atoms with Crippen molar-refractivity contribution in [1.29, 1.82) is 0 Å². The second-order valence-corrected chi connectivity index (χ2v) is 2.05. The first-order valence-corrected chi connectivity index (χ1v) is 3.73. The molecule has 0 saturated carbocycles. The fourth-order valence-electron chi connectivity index (χ4n) is 0.519. The standard InChI is InChI=1S/C8H16O4/c1-8(11-6-4-9-2)12-7-5-10-3/h1,4-7H2,2-3H3. The van der Waals surface area contributed by atoms with E-state index in [9.17, 15) is 0 Å². The zero-order chi connectivity index (χ0) is 9.23.